The number of hydrogen-bond donors (Lipinski definition) is 1. The van der Waals surface area contributed by atoms with Gasteiger partial charge in [-0.15, -0.1) is 0 Å². The summed E-state index contributed by atoms with van der Waals surface area (Å²) in [5, 5.41) is 2.92. The first kappa shape index (κ1) is 12.8. The van der Waals surface area contributed by atoms with Crippen molar-refractivity contribution in [1.82, 2.24) is 10.2 Å². The van der Waals surface area contributed by atoms with Crippen molar-refractivity contribution in [1.29, 1.82) is 0 Å². The molecule has 1 fully saturated rings. The van der Waals surface area contributed by atoms with Crippen molar-refractivity contribution in [2.24, 2.45) is 5.92 Å². The van der Waals surface area contributed by atoms with E-state index in [1.165, 1.54) is 0 Å². The van der Waals surface area contributed by atoms with Gasteiger partial charge in [-0.05, 0) is 31.8 Å². The Labute approximate surface area is 91.0 Å². The summed E-state index contributed by atoms with van der Waals surface area (Å²) in [7, 11) is 0. The molecule has 0 saturated carbocycles. The standard InChI is InChI=1S/C11H22F2N2/c1-9(2)8-15-5-3-10(4-6-15)14-7-11(12)13/h9-11,14H,3-8H2,1-2H3. The fraction of sp³-hybridized carbons (Fsp3) is 1.00. The third-order valence-electron chi connectivity index (χ3n) is 2.77. The molecule has 0 aromatic rings. The van der Waals surface area contributed by atoms with Crippen LogP contribution in [-0.4, -0.2) is 43.5 Å². The molecule has 1 rings (SSSR count). The first-order chi connectivity index (χ1) is 7.08. The molecule has 1 aliphatic heterocycles. The SMILES string of the molecule is CC(C)CN1CCC(NCC(F)F)CC1. The van der Waals surface area contributed by atoms with Gasteiger partial charge >= 0.3 is 0 Å². The molecule has 0 aliphatic carbocycles. The summed E-state index contributed by atoms with van der Waals surface area (Å²) in [5.74, 6) is 0.690. The summed E-state index contributed by atoms with van der Waals surface area (Å²) in [6.07, 6.45) is -0.225. The molecule has 1 saturated heterocycles. The molecule has 1 N–H and O–H groups in total. The molecular weight excluding hydrogens is 198 g/mol. The van der Waals surface area contributed by atoms with Crippen LogP contribution in [-0.2, 0) is 0 Å². The average molecular weight is 220 g/mol. The highest BCUT2D eigenvalue weighted by Crippen LogP contribution is 2.12. The van der Waals surface area contributed by atoms with Gasteiger partial charge in [-0.1, -0.05) is 13.8 Å². The van der Waals surface area contributed by atoms with Crippen LogP contribution in [0, 0.1) is 5.92 Å². The van der Waals surface area contributed by atoms with E-state index in [4.69, 9.17) is 0 Å². The molecule has 1 aliphatic rings. The number of hydrogen-bond acceptors (Lipinski definition) is 2. The second kappa shape index (κ2) is 6.38. The molecule has 0 radical (unpaired) electrons. The predicted molar refractivity (Wildman–Crippen MR) is 58.3 cm³/mol. The molecule has 1 heterocycles. The van der Waals surface area contributed by atoms with E-state index in [9.17, 15) is 8.78 Å². The molecule has 0 aromatic carbocycles. The van der Waals surface area contributed by atoms with Gasteiger partial charge in [0.1, 0.15) is 0 Å². The normalized spacial score (nSPS) is 20.4. The topological polar surface area (TPSA) is 15.3 Å². The quantitative estimate of drug-likeness (QED) is 0.762. The Morgan fingerprint density at radius 1 is 1.27 bits per heavy atom. The largest absolute Gasteiger partial charge is 0.309 e. The molecule has 2 nitrogen and oxygen atoms in total. The lowest BCUT2D eigenvalue weighted by molar-refractivity contribution is 0.127. The Hall–Kier alpha value is -0.220. The van der Waals surface area contributed by atoms with Crippen LogP contribution in [0.1, 0.15) is 26.7 Å². The monoisotopic (exact) mass is 220 g/mol. The average Bonchev–Trinajstić information content (AvgIpc) is 2.16. The van der Waals surface area contributed by atoms with Gasteiger partial charge < -0.3 is 10.2 Å². The van der Waals surface area contributed by atoms with Crippen molar-refractivity contribution >= 4 is 0 Å². The first-order valence-corrected chi connectivity index (χ1v) is 5.82. The van der Waals surface area contributed by atoms with Gasteiger partial charge in [0.15, 0.2) is 0 Å². The van der Waals surface area contributed by atoms with E-state index in [0.29, 0.717) is 12.0 Å². The zero-order valence-electron chi connectivity index (χ0n) is 9.68. The van der Waals surface area contributed by atoms with Crippen LogP contribution < -0.4 is 5.32 Å². The smallest absolute Gasteiger partial charge is 0.250 e. The molecule has 0 spiro atoms. The zero-order chi connectivity index (χ0) is 11.3. The van der Waals surface area contributed by atoms with Crippen LogP contribution in [0.15, 0.2) is 0 Å². The Morgan fingerprint density at radius 2 is 1.87 bits per heavy atom. The Morgan fingerprint density at radius 3 is 2.33 bits per heavy atom. The van der Waals surface area contributed by atoms with Gasteiger partial charge in [-0.2, -0.15) is 0 Å². The van der Waals surface area contributed by atoms with E-state index < -0.39 is 6.43 Å². The second-order valence-corrected chi connectivity index (χ2v) is 4.77. The van der Waals surface area contributed by atoms with E-state index in [2.05, 4.69) is 24.1 Å². The van der Waals surface area contributed by atoms with E-state index in [-0.39, 0.29) is 6.54 Å². The molecule has 4 heteroatoms. The van der Waals surface area contributed by atoms with Crippen LogP contribution in [0.2, 0.25) is 0 Å². The maximum atomic E-state index is 12.0. The summed E-state index contributed by atoms with van der Waals surface area (Å²) in [5.41, 5.74) is 0. The summed E-state index contributed by atoms with van der Waals surface area (Å²) in [6.45, 7) is 7.47. The zero-order valence-corrected chi connectivity index (χ0v) is 9.68. The third kappa shape index (κ3) is 5.42. The van der Waals surface area contributed by atoms with Gasteiger partial charge in [0.05, 0.1) is 6.54 Å². The van der Waals surface area contributed by atoms with Crippen molar-refractivity contribution in [3.05, 3.63) is 0 Å². The summed E-state index contributed by atoms with van der Waals surface area (Å²) in [6, 6.07) is 0.294. The Balaban J connectivity index is 2.12. The molecule has 90 valence electrons. The summed E-state index contributed by atoms with van der Waals surface area (Å²) >= 11 is 0. The molecular formula is C11H22F2N2. The molecule has 0 aromatic heterocycles. The highest BCUT2D eigenvalue weighted by Gasteiger charge is 2.19. The van der Waals surface area contributed by atoms with Gasteiger partial charge in [0, 0.05) is 12.6 Å². The predicted octanol–water partition coefficient (Wildman–Crippen LogP) is 1.96. The maximum Gasteiger partial charge on any atom is 0.250 e. The fourth-order valence-electron chi connectivity index (χ4n) is 2.09. The molecule has 0 atom stereocenters. The number of piperidine rings is 1. The van der Waals surface area contributed by atoms with Crippen molar-refractivity contribution in [2.45, 2.75) is 39.2 Å². The fourth-order valence-corrected chi connectivity index (χ4v) is 2.09. The number of nitrogens with zero attached hydrogens (tertiary/aromatic N) is 1. The number of likely N-dealkylation sites (tertiary alicyclic amines) is 1. The van der Waals surface area contributed by atoms with E-state index in [1.807, 2.05) is 0 Å². The van der Waals surface area contributed by atoms with Crippen LogP contribution >= 0.6 is 0 Å². The van der Waals surface area contributed by atoms with Crippen molar-refractivity contribution < 1.29 is 8.78 Å². The first-order valence-electron chi connectivity index (χ1n) is 5.82. The summed E-state index contributed by atoms with van der Waals surface area (Å²) in [4.78, 5) is 2.42. The van der Waals surface area contributed by atoms with Crippen LogP contribution in [0.3, 0.4) is 0 Å². The minimum Gasteiger partial charge on any atom is -0.309 e. The Bertz CT molecular complexity index is 166. The number of nitrogens with one attached hydrogen (secondary N) is 1. The molecule has 0 amide bonds. The van der Waals surface area contributed by atoms with Gasteiger partial charge in [0.25, 0.3) is 6.43 Å². The number of alkyl halides is 2. The van der Waals surface area contributed by atoms with E-state index in [0.717, 1.165) is 32.5 Å². The second-order valence-electron chi connectivity index (χ2n) is 4.77. The lowest BCUT2D eigenvalue weighted by Crippen LogP contribution is -2.44. The lowest BCUT2D eigenvalue weighted by Gasteiger charge is -2.33. The maximum absolute atomic E-state index is 12.0. The highest BCUT2D eigenvalue weighted by atomic mass is 19.3. The van der Waals surface area contributed by atoms with E-state index >= 15 is 0 Å². The van der Waals surface area contributed by atoms with Crippen molar-refractivity contribution in [3.63, 3.8) is 0 Å². The van der Waals surface area contributed by atoms with Gasteiger partial charge in [-0.3, -0.25) is 0 Å². The Kier molecular flexibility index (Phi) is 5.47. The van der Waals surface area contributed by atoms with Crippen LogP contribution in [0.25, 0.3) is 0 Å². The van der Waals surface area contributed by atoms with Crippen LogP contribution in [0.4, 0.5) is 8.78 Å². The minimum atomic E-state index is -2.22. The highest BCUT2D eigenvalue weighted by molar-refractivity contribution is 4.77. The van der Waals surface area contributed by atoms with Crippen molar-refractivity contribution in [3.8, 4) is 0 Å². The van der Waals surface area contributed by atoms with E-state index in [1.54, 1.807) is 0 Å². The minimum absolute atomic E-state index is 0.158. The lowest BCUT2D eigenvalue weighted by atomic mass is 10.0. The third-order valence-corrected chi connectivity index (χ3v) is 2.77. The molecule has 0 bridgehead atoms. The summed E-state index contributed by atoms with van der Waals surface area (Å²) < 4.78 is 23.9. The van der Waals surface area contributed by atoms with Crippen molar-refractivity contribution in [2.75, 3.05) is 26.2 Å². The van der Waals surface area contributed by atoms with Crippen LogP contribution in [0.5, 0.6) is 0 Å². The number of rotatable bonds is 5. The van der Waals surface area contributed by atoms with Gasteiger partial charge in [-0.25, -0.2) is 8.78 Å². The van der Waals surface area contributed by atoms with Gasteiger partial charge in [0.2, 0.25) is 0 Å². The number of halogens is 2. The molecule has 0 unspecified atom stereocenters. The molecule has 15 heavy (non-hydrogen) atoms.